The average molecular weight is 509 g/mol. The van der Waals surface area contributed by atoms with Gasteiger partial charge in [-0.1, -0.05) is 155 Å². The molecule has 1 rings (SSSR count). The second kappa shape index (κ2) is 26.4. The molecule has 0 radical (unpaired) electrons. The molecular weight excluding hydrogens is 448 g/mol. The van der Waals surface area contributed by atoms with Crippen molar-refractivity contribution >= 4 is 11.3 Å². The van der Waals surface area contributed by atoms with Crippen LogP contribution in [0.5, 0.6) is 10.8 Å². The van der Waals surface area contributed by atoms with Crippen LogP contribution in [0.25, 0.3) is 0 Å². The molecule has 0 aliphatic carbocycles. The van der Waals surface area contributed by atoms with Gasteiger partial charge < -0.3 is 9.47 Å². The van der Waals surface area contributed by atoms with Crippen LogP contribution in [0.2, 0.25) is 0 Å². The Labute approximate surface area is 224 Å². The van der Waals surface area contributed by atoms with Crippen molar-refractivity contribution in [2.24, 2.45) is 0 Å². The molecule has 206 valence electrons. The molecule has 0 saturated heterocycles. The smallest absolute Gasteiger partial charge is 0.216 e. The van der Waals surface area contributed by atoms with Gasteiger partial charge in [-0.05, 0) is 24.3 Å². The molecule has 0 aromatic carbocycles. The van der Waals surface area contributed by atoms with E-state index in [2.05, 4.69) is 25.3 Å². The van der Waals surface area contributed by atoms with Crippen LogP contribution in [0.3, 0.4) is 0 Å². The van der Waals surface area contributed by atoms with Gasteiger partial charge in [0.1, 0.15) is 0 Å². The standard InChI is InChI=1S/C32H60O2S/c1-3-5-7-9-11-13-15-17-19-21-23-25-28-33-31-27-30-35-32(31)34-29-26-24-22-20-18-16-14-12-10-8-6-4-2/h27,30H,3-26,28-29H2,1-2H3. The lowest BCUT2D eigenvalue weighted by Crippen LogP contribution is -2.00. The zero-order valence-electron chi connectivity index (χ0n) is 23.8. The third kappa shape index (κ3) is 21.1. The summed E-state index contributed by atoms with van der Waals surface area (Å²) >= 11 is 1.67. The topological polar surface area (TPSA) is 18.5 Å². The molecule has 1 aromatic rings. The van der Waals surface area contributed by atoms with Crippen LogP contribution in [0.1, 0.15) is 168 Å². The first-order valence-electron chi connectivity index (χ1n) is 15.7. The second-order valence-corrected chi connectivity index (χ2v) is 11.4. The van der Waals surface area contributed by atoms with Crippen molar-refractivity contribution in [2.75, 3.05) is 13.2 Å². The van der Waals surface area contributed by atoms with Crippen molar-refractivity contribution in [2.45, 2.75) is 168 Å². The molecule has 1 aromatic heterocycles. The molecule has 0 atom stereocenters. The van der Waals surface area contributed by atoms with E-state index < -0.39 is 0 Å². The molecule has 0 N–H and O–H groups in total. The summed E-state index contributed by atoms with van der Waals surface area (Å²) < 4.78 is 12.0. The summed E-state index contributed by atoms with van der Waals surface area (Å²) in [7, 11) is 0. The fourth-order valence-electron chi connectivity index (χ4n) is 4.73. The number of rotatable bonds is 28. The van der Waals surface area contributed by atoms with Gasteiger partial charge in [-0.15, -0.1) is 11.3 Å². The number of hydrogen-bond donors (Lipinski definition) is 0. The predicted molar refractivity (Wildman–Crippen MR) is 157 cm³/mol. The van der Waals surface area contributed by atoms with Gasteiger partial charge in [0.15, 0.2) is 5.75 Å². The molecule has 0 bridgehead atoms. The minimum atomic E-state index is 0.823. The maximum Gasteiger partial charge on any atom is 0.216 e. The number of hydrogen-bond acceptors (Lipinski definition) is 3. The van der Waals surface area contributed by atoms with E-state index in [1.165, 1.54) is 141 Å². The fourth-order valence-corrected chi connectivity index (χ4v) is 5.44. The first kappa shape index (κ1) is 32.3. The second-order valence-electron chi connectivity index (χ2n) is 10.5. The van der Waals surface area contributed by atoms with Crippen molar-refractivity contribution in [3.63, 3.8) is 0 Å². The normalized spacial score (nSPS) is 11.3. The van der Waals surface area contributed by atoms with Crippen LogP contribution in [0.15, 0.2) is 11.4 Å². The van der Waals surface area contributed by atoms with Crippen LogP contribution < -0.4 is 9.47 Å². The molecule has 2 nitrogen and oxygen atoms in total. The molecule has 1 heterocycles. The summed E-state index contributed by atoms with van der Waals surface area (Å²) in [6.45, 7) is 6.23. The zero-order valence-corrected chi connectivity index (χ0v) is 24.6. The maximum absolute atomic E-state index is 6.03. The number of unbranched alkanes of at least 4 members (excludes halogenated alkanes) is 22. The summed E-state index contributed by atoms with van der Waals surface area (Å²) in [6, 6.07) is 2.07. The summed E-state index contributed by atoms with van der Waals surface area (Å²) in [5.74, 6) is 0.956. The summed E-state index contributed by atoms with van der Waals surface area (Å²) in [4.78, 5) is 0. The third-order valence-electron chi connectivity index (χ3n) is 7.08. The van der Waals surface area contributed by atoms with Crippen molar-refractivity contribution < 1.29 is 9.47 Å². The Hall–Kier alpha value is -0.700. The van der Waals surface area contributed by atoms with E-state index in [4.69, 9.17) is 9.47 Å². The highest BCUT2D eigenvalue weighted by molar-refractivity contribution is 7.12. The quantitative estimate of drug-likeness (QED) is 0.105. The number of thiophene rings is 1. The zero-order chi connectivity index (χ0) is 25.1. The van der Waals surface area contributed by atoms with E-state index in [1.54, 1.807) is 11.3 Å². The molecule has 3 heteroatoms. The highest BCUT2D eigenvalue weighted by Crippen LogP contribution is 2.34. The van der Waals surface area contributed by atoms with Gasteiger partial charge in [-0.25, -0.2) is 0 Å². The van der Waals surface area contributed by atoms with Crippen molar-refractivity contribution in [3.8, 4) is 10.8 Å². The highest BCUT2D eigenvalue weighted by Gasteiger charge is 2.07. The summed E-state index contributed by atoms with van der Waals surface area (Å²) in [6.07, 6.45) is 33.1. The highest BCUT2D eigenvalue weighted by atomic mass is 32.1. The van der Waals surface area contributed by atoms with Crippen LogP contribution in [-0.4, -0.2) is 13.2 Å². The molecular formula is C32H60O2S. The molecule has 0 saturated carbocycles. The minimum absolute atomic E-state index is 0.823. The molecule has 0 spiro atoms. The van der Waals surface area contributed by atoms with E-state index >= 15 is 0 Å². The van der Waals surface area contributed by atoms with Crippen molar-refractivity contribution in [3.05, 3.63) is 11.4 Å². The summed E-state index contributed by atoms with van der Waals surface area (Å²) in [5.41, 5.74) is 0. The average Bonchev–Trinajstić information content (AvgIpc) is 3.32. The number of ether oxygens (including phenoxy) is 2. The Kier molecular flexibility index (Phi) is 24.4. The van der Waals surface area contributed by atoms with Gasteiger partial charge in [-0.2, -0.15) is 0 Å². The van der Waals surface area contributed by atoms with Gasteiger partial charge in [0, 0.05) is 0 Å². The lowest BCUT2D eigenvalue weighted by Gasteiger charge is -2.09. The van der Waals surface area contributed by atoms with Crippen LogP contribution in [0, 0.1) is 0 Å². The Balaban J connectivity index is 1.87. The lowest BCUT2D eigenvalue weighted by molar-refractivity contribution is 0.265. The third-order valence-corrected chi connectivity index (χ3v) is 7.89. The van der Waals surface area contributed by atoms with Crippen LogP contribution in [0.4, 0.5) is 0 Å². The minimum Gasteiger partial charge on any atom is -0.489 e. The van der Waals surface area contributed by atoms with Gasteiger partial charge >= 0.3 is 0 Å². The van der Waals surface area contributed by atoms with Gasteiger partial charge in [0.25, 0.3) is 0 Å². The molecule has 0 amide bonds. The van der Waals surface area contributed by atoms with Gasteiger partial charge in [0.05, 0.1) is 13.2 Å². The van der Waals surface area contributed by atoms with Crippen molar-refractivity contribution in [1.82, 2.24) is 0 Å². The van der Waals surface area contributed by atoms with Crippen LogP contribution in [-0.2, 0) is 0 Å². The largest absolute Gasteiger partial charge is 0.489 e. The molecule has 35 heavy (non-hydrogen) atoms. The van der Waals surface area contributed by atoms with Gasteiger partial charge in [0.2, 0.25) is 5.06 Å². The fraction of sp³-hybridized carbons (Fsp3) is 0.875. The van der Waals surface area contributed by atoms with Gasteiger partial charge in [-0.3, -0.25) is 0 Å². The molecule has 0 aliphatic rings. The van der Waals surface area contributed by atoms with E-state index in [0.717, 1.165) is 36.9 Å². The Morgan fingerprint density at radius 3 is 1.20 bits per heavy atom. The van der Waals surface area contributed by atoms with Crippen molar-refractivity contribution in [1.29, 1.82) is 0 Å². The Bertz CT molecular complexity index is 483. The molecule has 0 fully saturated rings. The first-order valence-corrected chi connectivity index (χ1v) is 16.6. The SMILES string of the molecule is CCCCCCCCCCCCCCOc1ccsc1OCCCCCCCCCCCCCC. The Morgan fingerprint density at radius 1 is 0.457 bits per heavy atom. The maximum atomic E-state index is 6.03. The van der Waals surface area contributed by atoms with E-state index in [-0.39, 0.29) is 0 Å². The first-order chi connectivity index (χ1) is 17.4. The van der Waals surface area contributed by atoms with E-state index in [9.17, 15) is 0 Å². The lowest BCUT2D eigenvalue weighted by atomic mass is 10.1. The molecule has 0 unspecified atom stereocenters. The van der Waals surface area contributed by atoms with E-state index in [0.29, 0.717) is 0 Å². The van der Waals surface area contributed by atoms with Crippen LogP contribution >= 0.6 is 11.3 Å². The molecule has 0 aliphatic heterocycles. The summed E-state index contributed by atoms with van der Waals surface area (Å²) in [5, 5.41) is 3.07. The predicted octanol–water partition coefficient (Wildman–Crippen LogP) is 11.9. The Morgan fingerprint density at radius 2 is 0.800 bits per heavy atom. The monoisotopic (exact) mass is 508 g/mol. The van der Waals surface area contributed by atoms with E-state index in [1.807, 2.05) is 0 Å².